The summed E-state index contributed by atoms with van der Waals surface area (Å²) in [5.41, 5.74) is 16.3. The van der Waals surface area contributed by atoms with E-state index in [4.69, 9.17) is 20.9 Å². The maximum absolute atomic E-state index is 6.31. The molecule has 5 rings (SSSR count). The van der Waals surface area contributed by atoms with Crippen LogP contribution in [0.3, 0.4) is 0 Å². The molecule has 3 aromatic carbocycles. The number of ether oxygens (including phenoxy) is 2. The molecular weight excluding hydrogens is 564 g/mol. The molecule has 0 heterocycles. The van der Waals surface area contributed by atoms with Crippen LogP contribution in [-0.4, -0.2) is 6.29 Å². The molecule has 248 valence electrons. The Morgan fingerprint density at radius 1 is 0.717 bits per heavy atom. The molecule has 0 saturated heterocycles. The Labute approximate surface area is 279 Å². The highest BCUT2D eigenvalue weighted by molar-refractivity contribution is 5.50. The van der Waals surface area contributed by atoms with E-state index in [0.717, 1.165) is 42.1 Å². The highest BCUT2D eigenvalue weighted by Gasteiger charge is 2.25. The number of allylic oxidation sites excluding steroid dienone is 1. The summed E-state index contributed by atoms with van der Waals surface area (Å²) >= 11 is 0. The second kappa shape index (κ2) is 17.5. The molecule has 0 aromatic heterocycles. The molecule has 2 saturated carbocycles. The minimum absolute atomic E-state index is 0.396. The third-order valence-electron chi connectivity index (χ3n) is 10.7. The van der Waals surface area contributed by atoms with Gasteiger partial charge >= 0.3 is 0 Å². The van der Waals surface area contributed by atoms with Crippen molar-refractivity contribution in [1.82, 2.24) is 0 Å². The fourth-order valence-electron chi connectivity index (χ4n) is 7.89. The molecule has 1 unspecified atom stereocenters. The van der Waals surface area contributed by atoms with Gasteiger partial charge in [0, 0.05) is 29.9 Å². The van der Waals surface area contributed by atoms with Crippen molar-refractivity contribution < 1.29 is 9.47 Å². The molecule has 4 heteroatoms. The predicted molar refractivity (Wildman–Crippen MR) is 195 cm³/mol. The Morgan fingerprint density at radius 2 is 1.33 bits per heavy atom. The predicted octanol–water partition coefficient (Wildman–Crippen LogP) is 11.4. The molecule has 4 nitrogen and oxygen atoms in total. The summed E-state index contributed by atoms with van der Waals surface area (Å²) in [6.45, 7) is 4.65. The van der Waals surface area contributed by atoms with Gasteiger partial charge in [-0.3, -0.25) is 0 Å². The maximum Gasteiger partial charge on any atom is 0.241 e. The molecule has 3 aromatic rings. The van der Waals surface area contributed by atoms with Gasteiger partial charge in [0.25, 0.3) is 0 Å². The zero-order chi connectivity index (χ0) is 32.1. The SMILES string of the molecule is CCCC1CCC(C=Cc2ccc(C3CCC(CC(CC)CCC(Oc4cccc(N)c4)Oc4cccc(N)c4)CC3)cc2)CC1. The quantitative estimate of drug-likeness (QED) is 0.131. The van der Waals surface area contributed by atoms with Crippen LogP contribution in [0.2, 0.25) is 0 Å². The van der Waals surface area contributed by atoms with E-state index in [0.29, 0.717) is 23.2 Å². The standard InChI is InChI=1S/C42H58N2O2/c1-3-7-32-12-14-33(15-13-32)16-17-34-18-23-36(24-19-34)37-25-20-35(21-26-37)28-31(4-2)22-27-42(45-40-10-5-8-38(43)29-40)46-41-11-6-9-39(44)30-41/h5-6,8-11,16-19,23-24,29-33,35,37,42H,3-4,7,12-15,20-22,25-28,43-44H2,1-2H3. The van der Waals surface area contributed by atoms with E-state index in [9.17, 15) is 0 Å². The second-order valence-corrected chi connectivity index (χ2v) is 14.2. The van der Waals surface area contributed by atoms with E-state index in [-0.39, 0.29) is 0 Å². The molecule has 1 atom stereocenters. The Bertz CT molecular complexity index is 1290. The molecule has 4 N–H and O–H groups in total. The summed E-state index contributed by atoms with van der Waals surface area (Å²) < 4.78 is 12.6. The van der Waals surface area contributed by atoms with E-state index >= 15 is 0 Å². The second-order valence-electron chi connectivity index (χ2n) is 14.2. The minimum atomic E-state index is -0.396. The minimum Gasteiger partial charge on any atom is -0.455 e. The molecule has 0 bridgehead atoms. The van der Waals surface area contributed by atoms with E-state index in [1.807, 2.05) is 48.5 Å². The van der Waals surface area contributed by atoms with Gasteiger partial charge in [-0.25, -0.2) is 0 Å². The molecule has 0 aliphatic heterocycles. The van der Waals surface area contributed by atoms with Gasteiger partial charge < -0.3 is 20.9 Å². The number of anilines is 2. The van der Waals surface area contributed by atoms with E-state index in [2.05, 4.69) is 50.3 Å². The smallest absolute Gasteiger partial charge is 0.241 e. The van der Waals surface area contributed by atoms with Crippen molar-refractivity contribution in [2.75, 3.05) is 11.5 Å². The zero-order valence-electron chi connectivity index (χ0n) is 28.4. The summed E-state index contributed by atoms with van der Waals surface area (Å²) in [6, 6.07) is 24.7. The normalized spacial score (nSPS) is 22.6. The number of nitrogen functional groups attached to an aromatic ring is 2. The summed E-state index contributed by atoms with van der Waals surface area (Å²) in [7, 11) is 0. The first-order valence-electron chi connectivity index (χ1n) is 18.3. The van der Waals surface area contributed by atoms with E-state index < -0.39 is 6.29 Å². The van der Waals surface area contributed by atoms with Gasteiger partial charge in [-0.2, -0.15) is 0 Å². The van der Waals surface area contributed by atoms with Gasteiger partial charge in [0.15, 0.2) is 0 Å². The number of nitrogens with two attached hydrogens (primary N) is 2. The Morgan fingerprint density at radius 3 is 1.89 bits per heavy atom. The van der Waals surface area contributed by atoms with Crippen molar-refractivity contribution >= 4 is 17.5 Å². The lowest BCUT2D eigenvalue weighted by Crippen LogP contribution is -2.25. The average Bonchev–Trinajstić information content (AvgIpc) is 3.07. The Kier molecular flexibility index (Phi) is 12.9. The number of rotatable bonds is 15. The summed E-state index contributed by atoms with van der Waals surface area (Å²) in [6.07, 6.45) is 22.4. The molecule has 2 aliphatic rings. The Hall–Kier alpha value is -3.40. The van der Waals surface area contributed by atoms with Gasteiger partial charge in [-0.15, -0.1) is 0 Å². The average molecular weight is 623 g/mol. The lowest BCUT2D eigenvalue weighted by molar-refractivity contribution is -0.00606. The topological polar surface area (TPSA) is 70.5 Å². The van der Waals surface area contributed by atoms with Crippen LogP contribution < -0.4 is 20.9 Å². The monoisotopic (exact) mass is 622 g/mol. The van der Waals surface area contributed by atoms with E-state index in [1.165, 1.54) is 88.2 Å². The van der Waals surface area contributed by atoms with Gasteiger partial charge in [0.1, 0.15) is 11.5 Å². The van der Waals surface area contributed by atoms with Crippen LogP contribution in [0.25, 0.3) is 6.08 Å². The van der Waals surface area contributed by atoms with Crippen molar-refractivity contribution in [3.05, 3.63) is 90.0 Å². The molecular formula is C42H58N2O2. The van der Waals surface area contributed by atoms with Crippen LogP contribution in [0.4, 0.5) is 11.4 Å². The molecule has 0 amide bonds. The van der Waals surface area contributed by atoms with Crippen LogP contribution in [0.15, 0.2) is 78.9 Å². The maximum atomic E-state index is 6.31. The first-order valence-corrected chi connectivity index (χ1v) is 18.3. The van der Waals surface area contributed by atoms with Crippen LogP contribution in [-0.2, 0) is 0 Å². The van der Waals surface area contributed by atoms with Crippen molar-refractivity contribution in [2.45, 2.75) is 116 Å². The third kappa shape index (κ3) is 10.6. The lowest BCUT2D eigenvalue weighted by atomic mass is 9.74. The fourth-order valence-corrected chi connectivity index (χ4v) is 7.89. The lowest BCUT2D eigenvalue weighted by Gasteiger charge is -2.31. The van der Waals surface area contributed by atoms with Gasteiger partial charge in [-0.05, 0) is 129 Å². The molecule has 46 heavy (non-hydrogen) atoms. The van der Waals surface area contributed by atoms with Gasteiger partial charge in [-0.1, -0.05) is 81.7 Å². The molecule has 2 aliphatic carbocycles. The highest BCUT2D eigenvalue weighted by Crippen LogP contribution is 2.40. The third-order valence-corrected chi connectivity index (χ3v) is 10.7. The van der Waals surface area contributed by atoms with Crippen LogP contribution in [0.5, 0.6) is 11.5 Å². The molecule has 0 radical (unpaired) electrons. The molecule has 0 spiro atoms. The number of hydrogen-bond donors (Lipinski definition) is 2. The van der Waals surface area contributed by atoms with Crippen molar-refractivity contribution in [1.29, 1.82) is 0 Å². The van der Waals surface area contributed by atoms with Crippen LogP contribution >= 0.6 is 0 Å². The largest absolute Gasteiger partial charge is 0.455 e. The first kappa shape index (κ1) is 33.9. The molecule has 2 fully saturated rings. The fraction of sp³-hybridized carbons (Fsp3) is 0.524. The number of hydrogen-bond acceptors (Lipinski definition) is 4. The highest BCUT2D eigenvalue weighted by atomic mass is 16.7. The van der Waals surface area contributed by atoms with E-state index in [1.54, 1.807) is 0 Å². The zero-order valence-corrected chi connectivity index (χ0v) is 28.4. The van der Waals surface area contributed by atoms with Crippen molar-refractivity contribution in [3.63, 3.8) is 0 Å². The van der Waals surface area contributed by atoms with Gasteiger partial charge in [0.05, 0.1) is 0 Å². The van der Waals surface area contributed by atoms with Crippen LogP contribution in [0.1, 0.15) is 121 Å². The first-order chi connectivity index (χ1) is 22.5. The van der Waals surface area contributed by atoms with Crippen LogP contribution in [0, 0.1) is 23.7 Å². The number of benzene rings is 3. The van der Waals surface area contributed by atoms with Crippen molar-refractivity contribution in [3.8, 4) is 11.5 Å². The van der Waals surface area contributed by atoms with Crippen molar-refractivity contribution in [2.24, 2.45) is 23.7 Å². The summed E-state index contributed by atoms with van der Waals surface area (Å²) in [5, 5.41) is 0. The Balaban J connectivity index is 1.08. The van der Waals surface area contributed by atoms with Gasteiger partial charge in [0.2, 0.25) is 6.29 Å². The summed E-state index contributed by atoms with van der Waals surface area (Å²) in [4.78, 5) is 0. The summed E-state index contributed by atoms with van der Waals surface area (Å²) in [5.74, 6) is 5.37.